The normalized spacial score (nSPS) is 11.5. The number of carbonyl (C=O) groups is 2. The summed E-state index contributed by atoms with van der Waals surface area (Å²) < 4.78 is 10.1. The van der Waals surface area contributed by atoms with Crippen molar-refractivity contribution in [1.29, 1.82) is 0 Å². The smallest absolute Gasteiger partial charge is 0.338 e. The summed E-state index contributed by atoms with van der Waals surface area (Å²) in [6, 6.07) is 13.4. The highest BCUT2D eigenvalue weighted by Gasteiger charge is 2.13. The van der Waals surface area contributed by atoms with Crippen molar-refractivity contribution in [2.24, 2.45) is 0 Å². The number of hydrogen-bond acceptors (Lipinski definition) is 4. The Morgan fingerprint density at radius 3 is 2.54 bits per heavy atom. The molecule has 1 N–H and O–H groups in total. The summed E-state index contributed by atoms with van der Waals surface area (Å²) in [4.78, 5) is 23.8. The number of amides is 1. The molecule has 2 rings (SSSR count). The fourth-order valence-electron chi connectivity index (χ4n) is 2.08. The average molecular weight is 348 g/mol. The van der Waals surface area contributed by atoms with E-state index in [9.17, 15) is 9.59 Å². The maximum absolute atomic E-state index is 11.9. The van der Waals surface area contributed by atoms with Crippen LogP contribution in [0.5, 0.6) is 5.75 Å². The highest BCUT2D eigenvalue weighted by atomic mass is 35.5. The van der Waals surface area contributed by atoms with Gasteiger partial charge in [-0.15, -0.1) is 0 Å². The average Bonchev–Trinajstić information content (AvgIpc) is 2.60. The summed E-state index contributed by atoms with van der Waals surface area (Å²) >= 11 is 5.76. The van der Waals surface area contributed by atoms with Crippen molar-refractivity contribution >= 4 is 23.5 Å². The maximum atomic E-state index is 11.9. The van der Waals surface area contributed by atoms with Gasteiger partial charge in [0.05, 0.1) is 18.7 Å². The topological polar surface area (TPSA) is 64.6 Å². The third-order valence-electron chi connectivity index (χ3n) is 3.39. The van der Waals surface area contributed by atoms with Crippen LogP contribution in [-0.2, 0) is 9.53 Å². The molecule has 2 aromatic carbocycles. The van der Waals surface area contributed by atoms with E-state index in [0.717, 1.165) is 5.56 Å². The first kappa shape index (κ1) is 17.8. The number of rotatable bonds is 6. The molecule has 126 valence electrons. The minimum Gasteiger partial charge on any atom is -0.497 e. The Morgan fingerprint density at radius 1 is 1.17 bits per heavy atom. The van der Waals surface area contributed by atoms with E-state index >= 15 is 0 Å². The van der Waals surface area contributed by atoms with Gasteiger partial charge in [0, 0.05) is 5.02 Å². The van der Waals surface area contributed by atoms with Gasteiger partial charge < -0.3 is 14.8 Å². The molecule has 0 aromatic heterocycles. The van der Waals surface area contributed by atoms with Gasteiger partial charge in [0.15, 0.2) is 6.61 Å². The predicted molar refractivity (Wildman–Crippen MR) is 91.3 cm³/mol. The van der Waals surface area contributed by atoms with Crippen molar-refractivity contribution in [2.75, 3.05) is 13.7 Å². The van der Waals surface area contributed by atoms with E-state index in [1.54, 1.807) is 31.4 Å². The highest BCUT2D eigenvalue weighted by Crippen LogP contribution is 2.18. The predicted octanol–water partition coefficient (Wildman–Crippen LogP) is 3.38. The van der Waals surface area contributed by atoms with Gasteiger partial charge in [-0.3, -0.25) is 4.79 Å². The molecule has 1 amide bonds. The first-order chi connectivity index (χ1) is 11.5. The molecule has 0 saturated carbocycles. The molecule has 0 aliphatic rings. The Hall–Kier alpha value is -2.53. The SMILES string of the molecule is COc1cccc(C(C)NC(=O)COC(=O)c2ccc(Cl)cc2)c1. The zero-order valence-corrected chi connectivity index (χ0v) is 14.2. The van der Waals surface area contributed by atoms with Gasteiger partial charge in [-0.2, -0.15) is 0 Å². The molecule has 0 saturated heterocycles. The Morgan fingerprint density at radius 2 is 1.88 bits per heavy atom. The van der Waals surface area contributed by atoms with Crippen LogP contribution in [0, 0.1) is 0 Å². The molecule has 1 atom stereocenters. The lowest BCUT2D eigenvalue weighted by Crippen LogP contribution is -2.31. The summed E-state index contributed by atoms with van der Waals surface area (Å²) in [5, 5.41) is 3.30. The van der Waals surface area contributed by atoms with E-state index in [4.69, 9.17) is 21.1 Å². The molecule has 0 spiro atoms. The molecule has 6 heteroatoms. The Labute approximate surface area is 145 Å². The van der Waals surface area contributed by atoms with Crippen LogP contribution >= 0.6 is 11.6 Å². The van der Waals surface area contributed by atoms with Crippen molar-refractivity contribution in [3.8, 4) is 5.75 Å². The molecular formula is C18H18ClNO4. The Bertz CT molecular complexity index is 715. The first-order valence-electron chi connectivity index (χ1n) is 7.35. The van der Waals surface area contributed by atoms with Crippen LogP contribution in [0.1, 0.15) is 28.9 Å². The van der Waals surface area contributed by atoms with E-state index in [0.29, 0.717) is 16.3 Å². The number of halogens is 1. The molecule has 0 bridgehead atoms. The van der Waals surface area contributed by atoms with Gasteiger partial charge in [0.25, 0.3) is 5.91 Å². The van der Waals surface area contributed by atoms with Gasteiger partial charge in [0.2, 0.25) is 0 Å². The van der Waals surface area contributed by atoms with Gasteiger partial charge in [-0.25, -0.2) is 4.79 Å². The van der Waals surface area contributed by atoms with Crippen LogP contribution in [0.25, 0.3) is 0 Å². The zero-order valence-electron chi connectivity index (χ0n) is 13.4. The molecule has 2 aromatic rings. The third kappa shape index (κ3) is 4.99. The van der Waals surface area contributed by atoms with Crippen molar-refractivity contribution < 1.29 is 19.1 Å². The number of nitrogens with one attached hydrogen (secondary N) is 1. The van der Waals surface area contributed by atoms with E-state index < -0.39 is 5.97 Å². The standard InChI is InChI=1S/C18H18ClNO4/c1-12(14-4-3-5-16(10-14)23-2)20-17(21)11-24-18(22)13-6-8-15(19)9-7-13/h3-10,12H,11H2,1-2H3,(H,20,21). The summed E-state index contributed by atoms with van der Waals surface area (Å²) in [6.07, 6.45) is 0. The number of hydrogen-bond donors (Lipinski definition) is 1. The van der Waals surface area contributed by atoms with Crippen LogP contribution in [0.2, 0.25) is 5.02 Å². The van der Waals surface area contributed by atoms with Crippen LogP contribution in [-0.4, -0.2) is 25.6 Å². The van der Waals surface area contributed by atoms with Gasteiger partial charge in [0.1, 0.15) is 5.75 Å². The maximum Gasteiger partial charge on any atom is 0.338 e. The summed E-state index contributed by atoms with van der Waals surface area (Å²) in [5.41, 5.74) is 1.24. The van der Waals surface area contributed by atoms with Crippen molar-refractivity contribution in [3.05, 3.63) is 64.7 Å². The molecule has 0 radical (unpaired) electrons. The second kappa shape index (κ2) is 8.36. The molecule has 0 aliphatic carbocycles. The van der Waals surface area contributed by atoms with Crippen LogP contribution in [0.15, 0.2) is 48.5 Å². The Balaban J connectivity index is 1.86. The van der Waals surface area contributed by atoms with Gasteiger partial charge >= 0.3 is 5.97 Å². The Kier molecular flexibility index (Phi) is 6.21. The molecule has 5 nitrogen and oxygen atoms in total. The van der Waals surface area contributed by atoms with E-state index in [1.165, 1.54) is 0 Å². The van der Waals surface area contributed by atoms with E-state index in [-0.39, 0.29) is 18.6 Å². The minimum atomic E-state index is -0.573. The molecule has 1 unspecified atom stereocenters. The van der Waals surface area contributed by atoms with Crippen molar-refractivity contribution in [2.45, 2.75) is 13.0 Å². The second-order valence-electron chi connectivity index (χ2n) is 5.15. The number of carbonyl (C=O) groups excluding carboxylic acids is 2. The second-order valence-corrected chi connectivity index (χ2v) is 5.59. The van der Waals surface area contributed by atoms with Crippen molar-refractivity contribution in [1.82, 2.24) is 5.32 Å². The van der Waals surface area contributed by atoms with Crippen LogP contribution in [0.4, 0.5) is 0 Å². The largest absolute Gasteiger partial charge is 0.497 e. The molecule has 0 aliphatic heterocycles. The fraction of sp³-hybridized carbons (Fsp3) is 0.222. The molecular weight excluding hydrogens is 330 g/mol. The third-order valence-corrected chi connectivity index (χ3v) is 3.64. The lowest BCUT2D eigenvalue weighted by atomic mass is 10.1. The number of benzene rings is 2. The molecule has 24 heavy (non-hydrogen) atoms. The molecule has 0 fully saturated rings. The number of methoxy groups -OCH3 is 1. The van der Waals surface area contributed by atoms with E-state index in [1.807, 2.05) is 31.2 Å². The van der Waals surface area contributed by atoms with Crippen molar-refractivity contribution in [3.63, 3.8) is 0 Å². The summed E-state index contributed by atoms with van der Waals surface area (Å²) in [7, 11) is 1.58. The van der Waals surface area contributed by atoms with Gasteiger partial charge in [-0.1, -0.05) is 23.7 Å². The van der Waals surface area contributed by atoms with E-state index in [2.05, 4.69) is 5.32 Å². The quantitative estimate of drug-likeness (QED) is 0.813. The lowest BCUT2D eigenvalue weighted by Gasteiger charge is -2.15. The lowest BCUT2D eigenvalue weighted by molar-refractivity contribution is -0.124. The number of esters is 1. The van der Waals surface area contributed by atoms with Crippen LogP contribution in [0.3, 0.4) is 0 Å². The molecule has 0 heterocycles. The zero-order chi connectivity index (χ0) is 17.5. The number of ether oxygens (including phenoxy) is 2. The van der Waals surface area contributed by atoms with Crippen LogP contribution < -0.4 is 10.1 Å². The summed E-state index contributed by atoms with van der Waals surface area (Å²) in [6.45, 7) is 1.49. The fourth-order valence-corrected chi connectivity index (χ4v) is 2.20. The highest BCUT2D eigenvalue weighted by molar-refractivity contribution is 6.30. The monoisotopic (exact) mass is 347 g/mol. The summed E-state index contributed by atoms with van der Waals surface area (Å²) in [5.74, 6) is -0.244. The van der Waals surface area contributed by atoms with Gasteiger partial charge in [-0.05, 0) is 48.9 Å². The first-order valence-corrected chi connectivity index (χ1v) is 7.73. The minimum absolute atomic E-state index is 0.234.